The van der Waals surface area contributed by atoms with E-state index in [1.807, 2.05) is 10.8 Å². The number of hydrogen-bond donors (Lipinski definition) is 9. The summed E-state index contributed by atoms with van der Waals surface area (Å²) >= 11 is 0. The molecule has 16 aliphatic rings. The summed E-state index contributed by atoms with van der Waals surface area (Å²) < 4.78 is 13.2. The third kappa shape index (κ3) is 7.65. The molecular weight excluding hydrogens is 1080 g/mol. The van der Waals surface area contributed by atoms with Crippen LogP contribution in [0.4, 0.5) is 0 Å². The van der Waals surface area contributed by atoms with E-state index in [1.54, 1.807) is 11.6 Å². The molecule has 4 aliphatic heterocycles. The minimum atomic E-state index is -1.93. The summed E-state index contributed by atoms with van der Waals surface area (Å²) in [5, 5.41) is 71.9. The average molecular weight is 1170 g/mol. The van der Waals surface area contributed by atoms with E-state index in [0.717, 1.165) is 6.42 Å². The molecule has 13 nitrogen and oxygen atoms in total. The molecule has 21 atom stereocenters. The number of ether oxygens (including phenoxy) is 2. The number of nitrogens with two attached hydrogens (primary N) is 1. The van der Waals surface area contributed by atoms with Crippen LogP contribution in [-0.4, -0.2) is 109 Å². The van der Waals surface area contributed by atoms with Crippen LogP contribution in [0.5, 0.6) is 11.5 Å². The van der Waals surface area contributed by atoms with Crippen LogP contribution in [0.1, 0.15) is 166 Å². The zero-order chi connectivity index (χ0) is 56.5. The Morgan fingerprint density at radius 3 is 2.66 bits per heavy atom. The van der Waals surface area contributed by atoms with Crippen LogP contribution in [0, 0.1) is 97.6 Å². The maximum Gasteiger partial charge on any atom is 0.302 e. The maximum atomic E-state index is 13.4. The molecule has 0 amide bonds. The largest absolute Gasteiger partial charge is 0.504 e. The van der Waals surface area contributed by atoms with Crippen LogP contribution in [-0.2, 0) is 16.0 Å². The van der Waals surface area contributed by atoms with Gasteiger partial charge in [-0.1, -0.05) is 94.1 Å². The standard InChI is InChI=1S/C68H87N5O8S2/c1-39(74)80-53-31-46(75)13-23-65-22-11-41-27-40-7-8-48(36-70-38-64(33-40)35-47(15-26-71-64)81-54-30-44(29-49(41)53)50(59(78)79)32-52(54)76)82-83-58-43-10-19-62-18-9-42-28-45-12-20-61(16-2-3-17-61)66(45)37-67(58,73-60(69)72-55(65)5-4-6-56(65)77)68(62)57(42)51(66)14-21-63(68,34-43)25-24-62/h4-5,14,21,28,30,32,40-41,43,45-49,51,53,55-59,70-71,75-79H,2-3,6,9-10,12-13,15-20,23-27,29,31,33-38H2,1H3,(H3,69,72,73). The number of aliphatic hydroxyl groups excluding tert-OH is 3. The Kier molecular flexibility index (Phi) is 12.8. The van der Waals surface area contributed by atoms with Gasteiger partial charge >= 0.3 is 5.97 Å². The number of carbonyl (C=O) groups excluding carboxylic acids is 1. The summed E-state index contributed by atoms with van der Waals surface area (Å²) in [5.41, 5.74) is 8.87. The predicted octanol–water partition coefficient (Wildman–Crippen LogP) is 8.43. The molecule has 17 rings (SSSR count). The minimum Gasteiger partial charge on any atom is -0.504 e. The summed E-state index contributed by atoms with van der Waals surface area (Å²) in [6.45, 7) is 3.46. The number of aliphatic hydroxyl groups is 4. The molecule has 444 valence electrons. The van der Waals surface area contributed by atoms with Crippen LogP contribution >= 0.6 is 21.6 Å². The van der Waals surface area contributed by atoms with Crippen molar-refractivity contribution >= 4 is 33.5 Å². The second-order valence-corrected chi connectivity index (χ2v) is 32.4. The molecular formula is C68H87N5O8S2. The van der Waals surface area contributed by atoms with Crippen molar-refractivity contribution in [2.75, 3.05) is 19.6 Å². The number of phenols is 1. The van der Waals surface area contributed by atoms with E-state index in [1.165, 1.54) is 96.5 Å². The Bertz CT molecular complexity index is 3120. The lowest BCUT2D eigenvalue weighted by Crippen LogP contribution is -2.85. The molecule has 15 bridgehead atoms. The van der Waals surface area contributed by atoms with Gasteiger partial charge in [-0.25, -0.2) is 4.99 Å². The lowest BCUT2D eigenvalue weighted by molar-refractivity contribution is -0.254. The lowest BCUT2D eigenvalue weighted by atomic mass is 9.24. The molecule has 15 heteroatoms. The van der Waals surface area contributed by atoms with Crippen molar-refractivity contribution in [3.63, 3.8) is 0 Å². The Morgan fingerprint density at radius 2 is 1.81 bits per heavy atom. The van der Waals surface area contributed by atoms with E-state index in [9.17, 15) is 30.3 Å². The number of benzene rings is 1. The predicted molar refractivity (Wildman–Crippen MR) is 321 cm³/mol. The fourth-order valence-corrected chi connectivity index (χ4v) is 27.5. The smallest absolute Gasteiger partial charge is 0.302 e. The third-order valence-electron chi connectivity index (χ3n) is 26.5. The van der Waals surface area contributed by atoms with Gasteiger partial charge in [-0.2, -0.15) is 0 Å². The van der Waals surface area contributed by atoms with Gasteiger partial charge in [0, 0.05) is 72.4 Å². The van der Waals surface area contributed by atoms with Crippen LogP contribution in [0.2, 0.25) is 0 Å². The Balaban J connectivity index is 0.924. The number of guanidine groups is 1. The second-order valence-electron chi connectivity index (χ2n) is 29.8. The number of phenolic OH excluding ortho intramolecular Hbond substituents is 1. The highest BCUT2D eigenvalue weighted by molar-refractivity contribution is 8.77. The molecule has 1 aromatic rings. The molecule has 12 aliphatic carbocycles. The normalized spacial score (nSPS) is 49.0. The Hall–Kier alpha value is -3.64. The molecule has 1 saturated heterocycles. The van der Waals surface area contributed by atoms with Crippen molar-refractivity contribution in [3.05, 3.63) is 59.2 Å². The van der Waals surface area contributed by atoms with Gasteiger partial charge in [-0.05, 0) is 192 Å². The van der Waals surface area contributed by atoms with Gasteiger partial charge in [0.2, 0.25) is 0 Å². The summed E-state index contributed by atoms with van der Waals surface area (Å²) in [6, 6.07) is 2.45. The molecule has 6 spiro atoms. The first-order valence-electron chi connectivity index (χ1n) is 32.5. The molecule has 4 heterocycles. The highest BCUT2D eigenvalue weighted by Gasteiger charge is 2.90. The van der Waals surface area contributed by atoms with E-state index in [2.05, 4.69) is 80.8 Å². The van der Waals surface area contributed by atoms with Crippen LogP contribution < -0.4 is 26.4 Å². The van der Waals surface area contributed by atoms with Crippen LogP contribution in [0.3, 0.4) is 0 Å². The van der Waals surface area contributed by atoms with E-state index in [-0.39, 0.29) is 85.9 Å². The van der Waals surface area contributed by atoms with Gasteiger partial charge in [0.1, 0.15) is 12.2 Å². The van der Waals surface area contributed by atoms with Crippen molar-refractivity contribution in [1.29, 1.82) is 0 Å². The number of aliphatic imine (C=N–C) groups is 1. The molecule has 10 N–H and O–H groups in total. The summed E-state index contributed by atoms with van der Waals surface area (Å²) in [7, 11) is 4.15. The fourth-order valence-electron chi connectivity index (χ4n) is 23.9. The molecule has 9 fully saturated rings. The van der Waals surface area contributed by atoms with E-state index >= 15 is 0 Å². The Labute approximate surface area is 498 Å². The van der Waals surface area contributed by atoms with Gasteiger partial charge < -0.3 is 56.7 Å². The topological polar surface area (TPSA) is 211 Å². The van der Waals surface area contributed by atoms with E-state index in [0.29, 0.717) is 93.4 Å². The van der Waals surface area contributed by atoms with Crippen molar-refractivity contribution in [3.8, 4) is 35.2 Å². The summed E-state index contributed by atoms with van der Waals surface area (Å²) in [5.74, 6) is 16.4. The zero-order valence-electron chi connectivity index (χ0n) is 48.4. The number of rotatable bonds is 2. The first kappa shape index (κ1) is 54.7. The van der Waals surface area contributed by atoms with Crippen molar-refractivity contribution < 1.29 is 39.8 Å². The SMILES string of the molecule is CC(=O)OC1CC(O)CCC23C#CC4CC5C#CC(CNCC6(C5)CC(CCN6)Oc5cc(c(C(O)O)cc5O)CC41)SSC1C4CCC56CCC7=CC8CCC9(CCCC9)C89CC1(NC(N)=NC2C=CCC3O)C51C7C9C=CC1(CC6)C4. The summed E-state index contributed by atoms with van der Waals surface area (Å²) in [6.07, 6.45) is 29.3. The van der Waals surface area contributed by atoms with Crippen LogP contribution in [0.25, 0.3) is 0 Å². The lowest BCUT2D eigenvalue weighted by Gasteiger charge is -2.81. The number of piperidine rings is 1. The highest BCUT2D eigenvalue weighted by Crippen LogP contribution is 2.92. The molecule has 0 aromatic heterocycles. The average Bonchev–Trinajstić information content (AvgIpc) is 1.62. The van der Waals surface area contributed by atoms with Crippen molar-refractivity contribution in [2.45, 2.75) is 213 Å². The third-order valence-corrected chi connectivity index (χ3v) is 29.8. The van der Waals surface area contributed by atoms with E-state index in [4.69, 9.17) is 20.2 Å². The van der Waals surface area contributed by atoms with Gasteiger partial charge in [0.25, 0.3) is 0 Å². The zero-order valence-corrected chi connectivity index (χ0v) is 50.0. The fraction of sp³-hybridized carbons (Fsp3) is 0.735. The number of nitrogens with zero attached hydrogens (tertiary/aromatic N) is 1. The van der Waals surface area contributed by atoms with Gasteiger partial charge in [0.15, 0.2) is 23.7 Å². The summed E-state index contributed by atoms with van der Waals surface area (Å²) in [4.78, 5) is 19.2. The number of aromatic hydroxyl groups is 1. The number of esters is 1. The number of nitrogens with one attached hydrogen (secondary N) is 3. The number of hydrogen-bond acceptors (Lipinski definition) is 15. The Morgan fingerprint density at radius 1 is 0.940 bits per heavy atom. The molecule has 83 heavy (non-hydrogen) atoms. The number of allylic oxidation sites excluding steroid dienone is 4. The van der Waals surface area contributed by atoms with Gasteiger partial charge in [0.05, 0.1) is 34.5 Å². The van der Waals surface area contributed by atoms with E-state index < -0.39 is 64.9 Å². The monoisotopic (exact) mass is 1170 g/mol. The first-order chi connectivity index (χ1) is 40.1. The molecule has 8 saturated carbocycles. The number of fused-ring (bicyclic) bond motifs is 5. The van der Waals surface area contributed by atoms with Crippen molar-refractivity contribution in [1.82, 2.24) is 16.0 Å². The highest BCUT2D eigenvalue weighted by atomic mass is 33.1. The van der Waals surface area contributed by atoms with Gasteiger partial charge in [-0.3, -0.25) is 4.79 Å². The molecule has 0 radical (unpaired) electrons. The maximum absolute atomic E-state index is 13.4. The molecule has 21 unspecified atom stereocenters. The minimum absolute atomic E-state index is 0.0425. The molecule has 1 aromatic carbocycles. The van der Waals surface area contributed by atoms with Crippen molar-refractivity contribution in [2.24, 2.45) is 84.6 Å². The first-order valence-corrected chi connectivity index (χ1v) is 34.8. The quantitative estimate of drug-likeness (QED) is 0.0448. The number of carbonyl (C=O) groups is 1. The second kappa shape index (κ2) is 19.4. The van der Waals surface area contributed by atoms with Gasteiger partial charge in [-0.15, -0.1) is 0 Å². The van der Waals surface area contributed by atoms with Crippen LogP contribution in [0.15, 0.2) is 53.1 Å².